The van der Waals surface area contributed by atoms with Crippen LogP contribution < -0.4 is 4.90 Å². The van der Waals surface area contributed by atoms with Crippen LogP contribution in [0.2, 0.25) is 0 Å². The van der Waals surface area contributed by atoms with Gasteiger partial charge in [-0.1, -0.05) is 6.42 Å². The number of piperidine rings is 1. The number of piperazine rings is 1. The van der Waals surface area contributed by atoms with E-state index in [9.17, 15) is 4.79 Å². The first-order valence-electron chi connectivity index (χ1n) is 8.04. The standard InChI is InChI=1S/C17H24N2O2/c1-2-21-17(20)14-6-8-15(9-7-14)19-12-11-18-10-4-3-5-16(18)13-19/h6-9,16H,2-5,10-13H2,1H3. The summed E-state index contributed by atoms with van der Waals surface area (Å²) in [5.41, 5.74) is 1.85. The van der Waals surface area contributed by atoms with Crippen LogP contribution in [0.5, 0.6) is 0 Å². The molecule has 0 bridgehead atoms. The minimum Gasteiger partial charge on any atom is -0.462 e. The van der Waals surface area contributed by atoms with E-state index < -0.39 is 0 Å². The summed E-state index contributed by atoms with van der Waals surface area (Å²) in [4.78, 5) is 16.8. The lowest BCUT2D eigenvalue weighted by Crippen LogP contribution is -2.54. The summed E-state index contributed by atoms with van der Waals surface area (Å²) in [5, 5.41) is 0. The number of rotatable bonds is 3. The number of nitrogens with zero attached hydrogens (tertiary/aromatic N) is 2. The molecule has 0 saturated carbocycles. The average molecular weight is 288 g/mol. The molecule has 0 aromatic heterocycles. The minimum absolute atomic E-state index is 0.235. The van der Waals surface area contributed by atoms with Crippen molar-refractivity contribution in [3.05, 3.63) is 29.8 Å². The molecular weight excluding hydrogens is 264 g/mol. The second kappa shape index (κ2) is 6.48. The molecule has 3 rings (SSSR count). The van der Waals surface area contributed by atoms with Gasteiger partial charge < -0.3 is 9.64 Å². The van der Waals surface area contributed by atoms with Gasteiger partial charge in [-0.25, -0.2) is 4.79 Å². The third-order valence-corrected chi connectivity index (χ3v) is 4.58. The minimum atomic E-state index is -0.235. The SMILES string of the molecule is CCOC(=O)c1ccc(N2CCN3CCCCC3C2)cc1. The largest absolute Gasteiger partial charge is 0.462 e. The molecule has 1 unspecified atom stereocenters. The van der Waals surface area contributed by atoms with E-state index in [0.717, 1.165) is 19.6 Å². The Kier molecular flexibility index (Phi) is 4.44. The van der Waals surface area contributed by atoms with E-state index in [1.807, 2.05) is 31.2 Å². The first kappa shape index (κ1) is 14.4. The van der Waals surface area contributed by atoms with Gasteiger partial charge in [-0.15, -0.1) is 0 Å². The van der Waals surface area contributed by atoms with Gasteiger partial charge in [0.05, 0.1) is 12.2 Å². The zero-order chi connectivity index (χ0) is 14.7. The van der Waals surface area contributed by atoms with Gasteiger partial charge in [0.15, 0.2) is 0 Å². The zero-order valence-corrected chi connectivity index (χ0v) is 12.8. The van der Waals surface area contributed by atoms with E-state index in [0.29, 0.717) is 18.2 Å². The number of fused-ring (bicyclic) bond motifs is 1. The third kappa shape index (κ3) is 3.21. The van der Waals surface area contributed by atoms with Gasteiger partial charge in [0.25, 0.3) is 0 Å². The van der Waals surface area contributed by atoms with Crippen molar-refractivity contribution in [3.63, 3.8) is 0 Å². The summed E-state index contributed by atoms with van der Waals surface area (Å²) < 4.78 is 5.02. The van der Waals surface area contributed by atoms with Gasteiger partial charge in [0, 0.05) is 31.4 Å². The summed E-state index contributed by atoms with van der Waals surface area (Å²) in [6, 6.07) is 8.55. The molecule has 0 aliphatic carbocycles. The molecule has 1 aromatic carbocycles. The maximum Gasteiger partial charge on any atom is 0.338 e. The fourth-order valence-electron chi connectivity index (χ4n) is 3.41. The van der Waals surface area contributed by atoms with Crippen molar-refractivity contribution < 1.29 is 9.53 Å². The molecule has 2 aliphatic rings. The van der Waals surface area contributed by atoms with Gasteiger partial charge in [-0.3, -0.25) is 4.90 Å². The monoisotopic (exact) mass is 288 g/mol. The Morgan fingerprint density at radius 2 is 2.00 bits per heavy atom. The van der Waals surface area contributed by atoms with Crippen LogP contribution in [0.1, 0.15) is 36.5 Å². The number of ether oxygens (including phenoxy) is 1. The highest BCUT2D eigenvalue weighted by Crippen LogP contribution is 2.25. The fraction of sp³-hybridized carbons (Fsp3) is 0.588. The molecule has 2 fully saturated rings. The quantitative estimate of drug-likeness (QED) is 0.800. The molecular formula is C17H24N2O2. The number of benzene rings is 1. The second-order valence-electron chi connectivity index (χ2n) is 5.90. The van der Waals surface area contributed by atoms with Crippen LogP contribution in [-0.2, 0) is 4.74 Å². The van der Waals surface area contributed by atoms with Gasteiger partial charge in [-0.2, -0.15) is 0 Å². The van der Waals surface area contributed by atoms with E-state index in [2.05, 4.69) is 9.80 Å². The second-order valence-corrected chi connectivity index (χ2v) is 5.90. The van der Waals surface area contributed by atoms with Gasteiger partial charge >= 0.3 is 5.97 Å². The van der Waals surface area contributed by atoms with E-state index in [-0.39, 0.29) is 5.97 Å². The highest BCUT2D eigenvalue weighted by molar-refractivity contribution is 5.89. The molecule has 2 aliphatic heterocycles. The Morgan fingerprint density at radius 1 is 1.19 bits per heavy atom. The van der Waals surface area contributed by atoms with Crippen molar-refractivity contribution in [2.45, 2.75) is 32.2 Å². The van der Waals surface area contributed by atoms with Crippen LogP contribution in [-0.4, -0.2) is 49.7 Å². The predicted molar refractivity (Wildman–Crippen MR) is 83.8 cm³/mol. The first-order chi connectivity index (χ1) is 10.3. The number of hydrogen-bond donors (Lipinski definition) is 0. The maximum atomic E-state index is 11.7. The summed E-state index contributed by atoms with van der Waals surface area (Å²) in [5.74, 6) is -0.235. The molecule has 1 atom stereocenters. The smallest absolute Gasteiger partial charge is 0.338 e. The molecule has 2 heterocycles. The highest BCUT2D eigenvalue weighted by atomic mass is 16.5. The number of hydrogen-bond acceptors (Lipinski definition) is 4. The van der Waals surface area contributed by atoms with Crippen LogP contribution in [0.3, 0.4) is 0 Å². The number of carbonyl (C=O) groups excluding carboxylic acids is 1. The van der Waals surface area contributed by atoms with Gasteiger partial charge in [0.1, 0.15) is 0 Å². The van der Waals surface area contributed by atoms with Crippen LogP contribution in [0.25, 0.3) is 0 Å². The molecule has 4 nitrogen and oxygen atoms in total. The Hall–Kier alpha value is -1.55. The molecule has 2 saturated heterocycles. The molecule has 0 amide bonds. The highest BCUT2D eigenvalue weighted by Gasteiger charge is 2.28. The number of carbonyl (C=O) groups is 1. The van der Waals surface area contributed by atoms with Crippen molar-refractivity contribution in [1.82, 2.24) is 4.90 Å². The summed E-state index contributed by atoms with van der Waals surface area (Å²) in [6.45, 7) is 6.86. The summed E-state index contributed by atoms with van der Waals surface area (Å²) >= 11 is 0. The van der Waals surface area contributed by atoms with Crippen molar-refractivity contribution in [3.8, 4) is 0 Å². The van der Waals surface area contributed by atoms with Crippen LogP contribution in [0.4, 0.5) is 5.69 Å². The molecule has 0 radical (unpaired) electrons. The lowest BCUT2D eigenvalue weighted by Gasteiger charge is -2.45. The van der Waals surface area contributed by atoms with Gasteiger partial charge in [0.2, 0.25) is 0 Å². The molecule has 1 aromatic rings. The summed E-state index contributed by atoms with van der Waals surface area (Å²) in [7, 11) is 0. The summed E-state index contributed by atoms with van der Waals surface area (Å²) in [6.07, 6.45) is 4.03. The first-order valence-corrected chi connectivity index (χ1v) is 8.04. The Labute approximate surface area is 126 Å². The van der Waals surface area contributed by atoms with Crippen molar-refractivity contribution in [2.75, 3.05) is 37.7 Å². The number of anilines is 1. The fourth-order valence-corrected chi connectivity index (χ4v) is 3.41. The van der Waals surface area contributed by atoms with Crippen molar-refractivity contribution in [1.29, 1.82) is 0 Å². The Morgan fingerprint density at radius 3 is 2.76 bits per heavy atom. The molecule has 0 N–H and O–H groups in total. The van der Waals surface area contributed by atoms with E-state index >= 15 is 0 Å². The third-order valence-electron chi connectivity index (χ3n) is 4.58. The Bertz CT molecular complexity index is 486. The Balaban J connectivity index is 1.65. The van der Waals surface area contributed by atoms with Crippen LogP contribution in [0, 0.1) is 0 Å². The predicted octanol–water partition coefficient (Wildman–Crippen LogP) is 2.54. The molecule has 21 heavy (non-hydrogen) atoms. The molecule has 114 valence electrons. The van der Waals surface area contributed by atoms with Gasteiger partial charge in [-0.05, 0) is 50.6 Å². The lowest BCUT2D eigenvalue weighted by atomic mass is 9.99. The van der Waals surface area contributed by atoms with E-state index in [1.165, 1.54) is 31.5 Å². The normalized spacial score (nSPS) is 22.7. The molecule has 0 spiro atoms. The van der Waals surface area contributed by atoms with Crippen LogP contribution in [0.15, 0.2) is 24.3 Å². The maximum absolute atomic E-state index is 11.7. The number of esters is 1. The van der Waals surface area contributed by atoms with E-state index in [1.54, 1.807) is 0 Å². The average Bonchev–Trinajstić information content (AvgIpc) is 2.55. The zero-order valence-electron chi connectivity index (χ0n) is 12.8. The van der Waals surface area contributed by atoms with Crippen molar-refractivity contribution >= 4 is 11.7 Å². The van der Waals surface area contributed by atoms with Crippen LogP contribution >= 0.6 is 0 Å². The lowest BCUT2D eigenvalue weighted by molar-refractivity contribution is 0.0526. The molecule has 4 heteroatoms. The van der Waals surface area contributed by atoms with E-state index in [4.69, 9.17) is 4.74 Å². The topological polar surface area (TPSA) is 32.8 Å². The van der Waals surface area contributed by atoms with Crippen molar-refractivity contribution in [2.24, 2.45) is 0 Å².